The lowest BCUT2D eigenvalue weighted by Crippen LogP contribution is -2.13. The molecular weight excluding hydrogens is 248 g/mol. The first-order valence-corrected chi connectivity index (χ1v) is 7.22. The minimum Gasteiger partial charge on any atom is -0.292 e. The third-order valence-electron chi connectivity index (χ3n) is 3.01. The molecule has 0 N–H and O–H groups in total. The summed E-state index contributed by atoms with van der Waals surface area (Å²) in [4.78, 5) is 12.1. The van der Waals surface area contributed by atoms with E-state index in [-0.39, 0.29) is 11.8 Å². The lowest BCUT2D eigenvalue weighted by molar-refractivity contribution is 0.0967. The quantitative estimate of drug-likeness (QED) is 0.509. The topological polar surface area (TPSA) is 34.9 Å². The van der Waals surface area contributed by atoms with Gasteiger partial charge in [-0.1, -0.05) is 44.2 Å². The normalized spacial score (nSPS) is 11.2. The van der Waals surface area contributed by atoms with Crippen LogP contribution in [0.15, 0.2) is 6.20 Å². The Hall–Kier alpha value is -0.830. The molecule has 0 saturated heterocycles. The molecule has 1 rings (SSSR count). The molecule has 0 amide bonds. The highest BCUT2D eigenvalue weighted by Crippen LogP contribution is 2.21. The number of carbonyl (C=O) groups excluding carboxylic acids is 1. The minimum atomic E-state index is 0.114. The van der Waals surface area contributed by atoms with Crippen molar-refractivity contribution in [2.45, 2.75) is 65.3 Å². The van der Waals surface area contributed by atoms with E-state index in [0.717, 1.165) is 12.8 Å². The van der Waals surface area contributed by atoms with Crippen LogP contribution in [0.3, 0.4) is 0 Å². The molecule has 0 atom stereocenters. The Morgan fingerprint density at radius 1 is 1.33 bits per heavy atom. The molecule has 0 radical (unpaired) electrons. The van der Waals surface area contributed by atoms with E-state index in [2.05, 4.69) is 12.0 Å². The predicted molar refractivity (Wildman–Crippen MR) is 75.3 cm³/mol. The van der Waals surface area contributed by atoms with E-state index < -0.39 is 0 Å². The summed E-state index contributed by atoms with van der Waals surface area (Å²) in [5, 5.41) is 4.63. The van der Waals surface area contributed by atoms with Gasteiger partial charge in [0.1, 0.15) is 5.69 Å². The summed E-state index contributed by atoms with van der Waals surface area (Å²) < 4.78 is 1.72. The van der Waals surface area contributed by atoms with Gasteiger partial charge in [-0.15, -0.1) is 0 Å². The van der Waals surface area contributed by atoms with Crippen LogP contribution in [0.1, 0.15) is 75.8 Å². The van der Waals surface area contributed by atoms with Crippen LogP contribution >= 0.6 is 11.6 Å². The standard InChI is InChI=1S/C14H23ClN2O/c1-4-5-6-7-8-9-13(18)14-12(15)10-16-17(14)11(2)3/h10-11H,4-9H2,1-3H3. The molecule has 1 heterocycles. The lowest BCUT2D eigenvalue weighted by atomic mass is 10.1. The highest BCUT2D eigenvalue weighted by molar-refractivity contribution is 6.33. The Balaban J connectivity index is 2.53. The van der Waals surface area contributed by atoms with Crippen molar-refractivity contribution in [1.29, 1.82) is 0 Å². The van der Waals surface area contributed by atoms with Crippen LogP contribution in [-0.2, 0) is 0 Å². The molecule has 0 aliphatic rings. The molecule has 18 heavy (non-hydrogen) atoms. The van der Waals surface area contributed by atoms with Crippen molar-refractivity contribution in [3.8, 4) is 0 Å². The van der Waals surface area contributed by atoms with Crippen LogP contribution in [0.25, 0.3) is 0 Å². The second kappa shape index (κ2) is 7.57. The number of aromatic nitrogens is 2. The van der Waals surface area contributed by atoms with E-state index in [1.807, 2.05) is 13.8 Å². The van der Waals surface area contributed by atoms with Crippen LogP contribution in [-0.4, -0.2) is 15.6 Å². The first kappa shape index (κ1) is 15.2. The van der Waals surface area contributed by atoms with E-state index >= 15 is 0 Å². The zero-order valence-corrected chi connectivity index (χ0v) is 12.3. The fourth-order valence-corrected chi connectivity index (χ4v) is 2.24. The molecule has 102 valence electrons. The minimum absolute atomic E-state index is 0.114. The predicted octanol–water partition coefficient (Wildman–Crippen LogP) is 4.66. The van der Waals surface area contributed by atoms with Gasteiger partial charge in [0.05, 0.1) is 11.2 Å². The Morgan fingerprint density at radius 2 is 2.00 bits per heavy atom. The van der Waals surface area contributed by atoms with Crippen LogP contribution in [0.2, 0.25) is 5.02 Å². The molecule has 0 aliphatic carbocycles. The van der Waals surface area contributed by atoms with Crippen LogP contribution in [0.4, 0.5) is 0 Å². The summed E-state index contributed by atoms with van der Waals surface area (Å²) in [6.07, 6.45) is 7.87. The third-order valence-corrected chi connectivity index (χ3v) is 3.29. The third kappa shape index (κ3) is 4.13. The second-order valence-electron chi connectivity index (χ2n) is 4.97. The van der Waals surface area contributed by atoms with Crippen molar-refractivity contribution >= 4 is 17.4 Å². The molecule has 4 heteroatoms. The van der Waals surface area contributed by atoms with Gasteiger partial charge in [0.2, 0.25) is 0 Å². The largest absolute Gasteiger partial charge is 0.292 e. The molecule has 1 aromatic heterocycles. The summed E-state index contributed by atoms with van der Waals surface area (Å²) in [7, 11) is 0. The van der Waals surface area contributed by atoms with Gasteiger partial charge < -0.3 is 0 Å². The lowest BCUT2D eigenvalue weighted by Gasteiger charge is -2.10. The van der Waals surface area contributed by atoms with E-state index in [0.29, 0.717) is 17.1 Å². The van der Waals surface area contributed by atoms with E-state index in [4.69, 9.17) is 11.6 Å². The van der Waals surface area contributed by atoms with Crippen LogP contribution < -0.4 is 0 Å². The van der Waals surface area contributed by atoms with Gasteiger partial charge in [0, 0.05) is 12.5 Å². The summed E-state index contributed by atoms with van der Waals surface area (Å²) in [5.41, 5.74) is 0.571. The molecule has 1 aromatic rings. The van der Waals surface area contributed by atoms with Gasteiger partial charge in [-0.3, -0.25) is 9.48 Å². The summed E-state index contributed by atoms with van der Waals surface area (Å²) in [5.74, 6) is 0.114. The van der Waals surface area contributed by atoms with Crippen molar-refractivity contribution in [2.24, 2.45) is 0 Å². The smallest absolute Gasteiger partial charge is 0.182 e. The van der Waals surface area contributed by atoms with Crippen molar-refractivity contribution in [3.63, 3.8) is 0 Å². The number of Topliss-reactive ketones (excluding diaryl/α,β-unsaturated/α-hetero) is 1. The number of unbranched alkanes of at least 4 members (excludes halogenated alkanes) is 4. The summed E-state index contributed by atoms with van der Waals surface area (Å²) in [6, 6.07) is 0.163. The zero-order valence-electron chi connectivity index (χ0n) is 11.6. The Kier molecular flexibility index (Phi) is 6.41. The maximum absolute atomic E-state index is 12.1. The fourth-order valence-electron chi connectivity index (χ4n) is 2.00. The molecule has 0 fully saturated rings. The van der Waals surface area contributed by atoms with Gasteiger partial charge >= 0.3 is 0 Å². The Bertz CT molecular complexity index is 385. The number of ketones is 1. The molecule has 0 saturated carbocycles. The maximum atomic E-state index is 12.1. The monoisotopic (exact) mass is 270 g/mol. The molecule has 0 aliphatic heterocycles. The van der Waals surface area contributed by atoms with E-state index in [1.165, 1.54) is 19.3 Å². The zero-order chi connectivity index (χ0) is 13.5. The highest BCUT2D eigenvalue weighted by atomic mass is 35.5. The van der Waals surface area contributed by atoms with Crippen molar-refractivity contribution in [2.75, 3.05) is 0 Å². The number of halogens is 1. The van der Waals surface area contributed by atoms with Gasteiger partial charge in [0.15, 0.2) is 5.78 Å². The van der Waals surface area contributed by atoms with Gasteiger partial charge in [0.25, 0.3) is 0 Å². The number of hydrogen-bond donors (Lipinski definition) is 0. The molecular formula is C14H23ClN2O. The van der Waals surface area contributed by atoms with Crippen molar-refractivity contribution in [3.05, 3.63) is 16.9 Å². The van der Waals surface area contributed by atoms with Gasteiger partial charge in [-0.2, -0.15) is 5.10 Å². The van der Waals surface area contributed by atoms with Crippen molar-refractivity contribution in [1.82, 2.24) is 9.78 Å². The van der Waals surface area contributed by atoms with Gasteiger partial charge in [-0.05, 0) is 20.3 Å². The molecule has 3 nitrogen and oxygen atoms in total. The van der Waals surface area contributed by atoms with Crippen LogP contribution in [0, 0.1) is 0 Å². The SMILES string of the molecule is CCCCCCCC(=O)c1c(Cl)cnn1C(C)C. The van der Waals surface area contributed by atoms with E-state index in [1.54, 1.807) is 10.9 Å². The van der Waals surface area contributed by atoms with Crippen LogP contribution in [0.5, 0.6) is 0 Å². The number of hydrogen-bond acceptors (Lipinski definition) is 2. The Morgan fingerprint density at radius 3 is 2.61 bits per heavy atom. The van der Waals surface area contributed by atoms with Gasteiger partial charge in [-0.25, -0.2) is 0 Å². The molecule has 0 bridgehead atoms. The average molecular weight is 271 g/mol. The average Bonchev–Trinajstić information content (AvgIpc) is 2.71. The maximum Gasteiger partial charge on any atom is 0.182 e. The number of carbonyl (C=O) groups is 1. The first-order valence-electron chi connectivity index (χ1n) is 6.84. The fraction of sp³-hybridized carbons (Fsp3) is 0.714. The number of rotatable bonds is 8. The molecule has 0 aromatic carbocycles. The molecule has 0 spiro atoms. The first-order chi connectivity index (χ1) is 8.57. The highest BCUT2D eigenvalue weighted by Gasteiger charge is 2.18. The summed E-state index contributed by atoms with van der Waals surface area (Å²) >= 11 is 6.04. The second-order valence-corrected chi connectivity index (χ2v) is 5.37. The van der Waals surface area contributed by atoms with Crippen molar-refractivity contribution < 1.29 is 4.79 Å². The Labute approximate surface area is 115 Å². The summed E-state index contributed by atoms with van der Waals surface area (Å²) in [6.45, 7) is 6.19. The molecule has 0 unspecified atom stereocenters. The number of nitrogens with zero attached hydrogens (tertiary/aromatic N) is 2. The van der Waals surface area contributed by atoms with E-state index in [9.17, 15) is 4.79 Å².